The molecule has 0 aliphatic carbocycles. The van der Waals surface area contributed by atoms with Gasteiger partial charge in [0.1, 0.15) is 0 Å². The van der Waals surface area contributed by atoms with Crippen molar-refractivity contribution >= 4 is 31.4 Å². The van der Waals surface area contributed by atoms with Gasteiger partial charge in [-0.15, -0.1) is 23.2 Å². The summed E-state index contributed by atoms with van der Waals surface area (Å²) in [6, 6.07) is 0. The predicted octanol–water partition coefficient (Wildman–Crippen LogP) is 1.85. The van der Waals surface area contributed by atoms with Crippen molar-refractivity contribution in [1.82, 2.24) is 0 Å². The molecule has 1 nitrogen and oxygen atoms in total. The molecule has 0 unspecified atom stereocenters. The van der Waals surface area contributed by atoms with Gasteiger partial charge in [-0.1, -0.05) is 0 Å². The van der Waals surface area contributed by atoms with E-state index in [1.165, 1.54) is 0 Å². The first-order valence-electron chi connectivity index (χ1n) is 2.37. The Labute approximate surface area is 60.8 Å². The molecule has 0 saturated heterocycles. The van der Waals surface area contributed by atoms with Crippen LogP contribution in [-0.2, 0) is 0 Å². The zero-order valence-electron chi connectivity index (χ0n) is 4.48. The molecule has 0 atom stereocenters. The third-order valence-electron chi connectivity index (χ3n) is 0.685. The van der Waals surface area contributed by atoms with Gasteiger partial charge in [0.2, 0.25) is 0 Å². The smallest absolute Gasteiger partial charge is 0.0284 e. The Kier molecular flexibility index (Phi) is 6.83. The van der Waals surface area contributed by atoms with Crippen LogP contribution in [0.5, 0.6) is 0 Å². The molecular formula is C4H9Cl2OP. The predicted molar refractivity (Wildman–Crippen MR) is 40.3 cm³/mol. The van der Waals surface area contributed by atoms with Crippen LogP contribution < -0.4 is 0 Å². The quantitative estimate of drug-likeness (QED) is 0.510. The van der Waals surface area contributed by atoms with Crippen LogP contribution in [0, 0.1) is 0 Å². The van der Waals surface area contributed by atoms with Gasteiger partial charge in [0.05, 0.1) is 0 Å². The van der Waals surface area contributed by atoms with E-state index in [4.69, 9.17) is 28.1 Å². The topological polar surface area (TPSA) is 20.2 Å². The van der Waals surface area contributed by atoms with E-state index in [0.717, 1.165) is 0 Å². The summed E-state index contributed by atoms with van der Waals surface area (Å²) in [7, 11) is -0.845. The van der Waals surface area contributed by atoms with E-state index >= 15 is 0 Å². The summed E-state index contributed by atoms with van der Waals surface area (Å²) >= 11 is 10.7. The zero-order valence-corrected chi connectivity index (χ0v) is 6.89. The zero-order chi connectivity index (χ0) is 6.41. The van der Waals surface area contributed by atoms with Crippen molar-refractivity contribution in [2.24, 2.45) is 0 Å². The lowest BCUT2D eigenvalue weighted by Crippen LogP contribution is -1.90. The second-order valence-corrected chi connectivity index (χ2v) is 3.99. The first-order valence-corrected chi connectivity index (χ1v) is 5.10. The van der Waals surface area contributed by atoms with Gasteiger partial charge in [-0.25, -0.2) is 0 Å². The van der Waals surface area contributed by atoms with E-state index in [1.54, 1.807) is 0 Å². The van der Waals surface area contributed by atoms with Gasteiger partial charge >= 0.3 is 0 Å². The highest BCUT2D eigenvalue weighted by Gasteiger charge is 1.99. The molecule has 0 heterocycles. The van der Waals surface area contributed by atoms with Crippen LogP contribution >= 0.6 is 31.4 Å². The van der Waals surface area contributed by atoms with Crippen molar-refractivity contribution in [3.8, 4) is 0 Å². The maximum absolute atomic E-state index is 8.95. The molecule has 0 aromatic carbocycles. The minimum atomic E-state index is -0.845. The summed E-state index contributed by atoms with van der Waals surface area (Å²) in [5.74, 6) is 1.08. The number of halogens is 2. The van der Waals surface area contributed by atoms with Crippen LogP contribution in [0.25, 0.3) is 0 Å². The highest BCUT2D eigenvalue weighted by molar-refractivity contribution is 7.51. The molecule has 0 amide bonds. The van der Waals surface area contributed by atoms with E-state index in [1.807, 2.05) is 0 Å². The van der Waals surface area contributed by atoms with Crippen molar-refractivity contribution in [2.75, 3.05) is 24.1 Å². The first-order chi connectivity index (χ1) is 3.81. The van der Waals surface area contributed by atoms with Gasteiger partial charge in [-0.3, -0.25) is 0 Å². The van der Waals surface area contributed by atoms with E-state index in [0.29, 0.717) is 24.1 Å². The molecule has 0 fully saturated rings. The summed E-state index contributed by atoms with van der Waals surface area (Å²) in [6.45, 7) is 0. The molecule has 0 rings (SSSR count). The maximum Gasteiger partial charge on any atom is 0.0284 e. The molecule has 0 aromatic heterocycles. The minimum absolute atomic E-state index is 0.541. The second kappa shape index (κ2) is 6.10. The van der Waals surface area contributed by atoms with E-state index in [9.17, 15) is 0 Å². The van der Waals surface area contributed by atoms with Gasteiger partial charge in [-0.05, 0) is 0 Å². The lowest BCUT2D eigenvalue weighted by atomic mass is 10.9. The van der Waals surface area contributed by atoms with E-state index in [-0.39, 0.29) is 0 Å². The molecule has 8 heavy (non-hydrogen) atoms. The fraction of sp³-hybridized carbons (Fsp3) is 1.00. The molecule has 50 valence electrons. The van der Waals surface area contributed by atoms with Gasteiger partial charge in [-0.2, -0.15) is 0 Å². The molecule has 0 radical (unpaired) electrons. The standard InChI is InChI=1S/C4H9Cl2OP/c5-1-3-8(7)4-2-6/h7H,1-4H2. The monoisotopic (exact) mass is 174 g/mol. The van der Waals surface area contributed by atoms with E-state index < -0.39 is 8.15 Å². The minimum Gasteiger partial charge on any atom is -0.374 e. The summed E-state index contributed by atoms with van der Waals surface area (Å²) in [4.78, 5) is 8.95. The Morgan fingerprint density at radius 1 is 1.12 bits per heavy atom. The van der Waals surface area contributed by atoms with Gasteiger partial charge in [0, 0.05) is 32.2 Å². The summed E-state index contributed by atoms with van der Waals surface area (Å²) in [6.07, 6.45) is 1.42. The number of alkyl halides is 2. The highest BCUT2D eigenvalue weighted by Crippen LogP contribution is 2.28. The molecule has 0 saturated carbocycles. The first kappa shape index (κ1) is 8.97. The molecular weight excluding hydrogens is 166 g/mol. The third kappa shape index (κ3) is 5.11. The summed E-state index contributed by atoms with van der Waals surface area (Å²) in [5, 5.41) is 0. The van der Waals surface area contributed by atoms with Crippen LogP contribution in [0.3, 0.4) is 0 Å². The van der Waals surface area contributed by atoms with Crippen molar-refractivity contribution in [1.29, 1.82) is 0 Å². The Morgan fingerprint density at radius 2 is 1.50 bits per heavy atom. The average molecular weight is 175 g/mol. The number of hydrogen-bond donors (Lipinski definition) is 1. The van der Waals surface area contributed by atoms with Crippen LogP contribution in [-0.4, -0.2) is 29.0 Å². The van der Waals surface area contributed by atoms with Crippen LogP contribution in [0.15, 0.2) is 0 Å². The van der Waals surface area contributed by atoms with Crippen LogP contribution in [0.4, 0.5) is 0 Å². The Bertz CT molecular complexity index is 47.3. The van der Waals surface area contributed by atoms with Crippen molar-refractivity contribution < 1.29 is 4.89 Å². The summed E-state index contributed by atoms with van der Waals surface area (Å²) < 4.78 is 0. The highest BCUT2D eigenvalue weighted by atomic mass is 35.5. The van der Waals surface area contributed by atoms with Crippen molar-refractivity contribution in [3.63, 3.8) is 0 Å². The molecule has 0 bridgehead atoms. The van der Waals surface area contributed by atoms with Crippen LogP contribution in [0.2, 0.25) is 0 Å². The molecule has 0 spiro atoms. The Hall–Kier alpha value is 0.970. The normalized spacial score (nSPS) is 10.5. The molecule has 0 aliphatic rings. The van der Waals surface area contributed by atoms with E-state index in [2.05, 4.69) is 0 Å². The van der Waals surface area contributed by atoms with Gasteiger partial charge < -0.3 is 4.89 Å². The lowest BCUT2D eigenvalue weighted by molar-refractivity contribution is 0.626. The number of rotatable bonds is 4. The second-order valence-electron chi connectivity index (χ2n) is 1.33. The SMILES string of the molecule is OP(CCCl)CCCl. The molecule has 1 N–H and O–H groups in total. The van der Waals surface area contributed by atoms with Gasteiger partial charge in [0.25, 0.3) is 0 Å². The van der Waals surface area contributed by atoms with Crippen molar-refractivity contribution in [3.05, 3.63) is 0 Å². The fourth-order valence-corrected chi connectivity index (χ4v) is 2.09. The van der Waals surface area contributed by atoms with Crippen molar-refractivity contribution in [2.45, 2.75) is 0 Å². The maximum atomic E-state index is 8.95. The molecule has 0 aromatic rings. The number of hydrogen-bond acceptors (Lipinski definition) is 1. The van der Waals surface area contributed by atoms with Gasteiger partial charge in [0.15, 0.2) is 0 Å². The lowest BCUT2D eigenvalue weighted by Gasteiger charge is -2.03. The molecule has 0 aliphatic heterocycles. The fourth-order valence-electron chi connectivity index (χ4n) is 0.307. The largest absolute Gasteiger partial charge is 0.374 e. The third-order valence-corrected chi connectivity index (χ3v) is 3.07. The molecule has 4 heteroatoms. The van der Waals surface area contributed by atoms with Crippen LogP contribution in [0.1, 0.15) is 0 Å². The average Bonchev–Trinajstić information content (AvgIpc) is 1.68. The summed E-state index contributed by atoms with van der Waals surface area (Å²) in [5.41, 5.74) is 0. The Balaban J connectivity index is 2.92. The Morgan fingerprint density at radius 3 is 1.75 bits per heavy atom.